The van der Waals surface area contributed by atoms with Crippen molar-refractivity contribution in [1.29, 1.82) is 0 Å². The summed E-state index contributed by atoms with van der Waals surface area (Å²) in [6.45, 7) is 11.1. The zero-order valence-corrected chi connectivity index (χ0v) is 14.9. The van der Waals surface area contributed by atoms with Crippen molar-refractivity contribution in [2.75, 3.05) is 32.8 Å². The van der Waals surface area contributed by atoms with Crippen LogP contribution in [-0.4, -0.2) is 55.7 Å². The van der Waals surface area contributed by atoms with E-state index >= 15 is 0 Å². The number of ether oxygens (including phenoxy) is 3. The molecule has 1 amide bonds. The minimum absolute atomic E-state index is 0.141. The number of hydrogen-bond acceptors (Lipinski definition) is 5. The molecule has 1 heterocycles. The zero-order valence-electron chi connectivity index (χ0n) is 14.9. The van der Waals surface area contributed by atoms with E-state index in [1.165, 1.54) is 4.90 Å². The summed E-state index contributed by atoms with van der Waals surface area (Å²) in [5, 5.41) is 3.46. The molecule has 1 fully saturated rings. The number of carbonyl (C=O) groups excluding carboxylic acids is 1. The molecular weight excluding hydrogens is 312 g/mol. The molecule has 1 aliphatic heterocycles. The Morgan fingerprint density at radius 2 is 2.21 bits per heavy atom. The summed E-state index contributed by atoms with van der Waals surface area (Å²) in [7, 11) is 0. The number of carbonyl (C=O) groups is 1. The highest BCUT2D eigenvalue weighted by Crippen LogP contribution is 2.14. The van der Waals surface area contributed by atoms with Gasteiger partial charge in [0.15, 0.2) is 6.29 Å². The second-order valence-corrected chi connectivity index (χ2v) is 6.71. The fourth-order valence-electron chi connectivity index (χ4n) is 2.15. The number of amides is 1. The zero-order chi connectivity index (χ0) is 18.0. The standard InChI is InChI=1S/C16H28N4O4/c1-13(11-18-19-17)12-20(15(21)24-16(2,3)4)8-10-23-14-7-5-6-9-22-14/h14H,1,5-12H2,2-4H3. The summed E-state index contributed by atoms with van der Waals surface area (Å²) in [5.74, 6) is 0. The van der Waals surface area contributed by atoms with Gasteiger partial charge in [0.05, 0.1) is 6.61 Å². The third kappa shape index (κ3) is 8.76. The van der Waals surface area contributed by atoms with Crippen molar-refractivity contribution in [3.8, 4) is 0 Å². The number of azide groups is 1. The molecule has 0 aromatic heterocycles. The van der Waals surface area contributed by atoms with Crippen molar-refractivity contribution in [3.63, 3.8) is 0 Å². The van der Waals surface area contributed by atoms with Crippen LogP contribution in [0.5, 0.6) is 0 Å². The van der Waals surface area contributed by atoms with E-state index in [0.717, 1.165) is 19.3 Å². The van der Waals surface area contributed by atoms with E-state index in [1.807, 2.05) is 20.8 Å². The molecule has 1 rings (SSSR count). The minimum Gasteiger partial charge on any atom is -0.444 e. The van der Waals surface area contributed by atoms with Crippen LogP contribution in [0.25, 0.3) is 10.4 Å². The molecule has 0 N–H and O–H groups in total. The maximum atomic E-state index is 12.3. The van der Waals surface area contributed by atoms with Crippen LogP contribution in [0.15, 0.2) is 17.3 Å². The van der Waals surface area contributed by atoms with Crippen LogP contribution in [0.4, 0.5) is 4.79 Å². The van der Waals surface area contributed by atoms with Gasteiger partial charge in [0.1, 0.15) is 5.60 Å². The fraction of sp³-hybridized carbons (Fsp3) is 0.812. The Balaban J connectivity index is 2.53. The van der Waals surface area contributed by atoms with E-state index in [-0.39, 0.29) is 19.4 Å². The van der Waals surface area contributed by atoms with E-state index in [4.69, 9.17) is 19.7 Å². The van der Waals surface area contributed by atoms with Gasteiger partial charge in [-0.15, -0.1) is 0 Å². The van der Waals surface area contributed by atoms with Crippen molar-refractivity contribution in [1.82, 2.24) is 4.90 Å². The van der Waals surface area contributed by atoms with Gasteiger partial charge in [-0.1, -0.05) is 17.3 Å². The normalized spacial score (nSPS) is 17.7. The van der Waals surface area contributed by atoms with E-state index in [0.29, 0.717) is 25.3 Å². The minimum atomic E-state index is -0.588. The topological polar surface area (TPSA) is 96.8 Å². The summed E-state index contributed by atoms with van der Waals surface area (Å²) in [4.78, 5) is 16.5. The first-order chi connectivity index (χ1) is 11.3. The molecule has 1 saturated heterocycles. The van der Waals surface area contributed by atoms with Crippen LogP contribution in [0.3, 0.4) is 0 Å². The summed E-state index contributed by atoms with van der Waals surface area (Å²) >= 11 is 0. The summed E-state index contributed by atoms with van der Waals surface area (Å²) in [6.07, 6.45) is 2.37. The molecule has 0 aromatic carbocycles. The van der Waals surface area contributed by atoms with Crippen molar-refractivity contribution in [2.45, 2.75) is 51.9 Å². The first kappa shape index (κ1) is 20.3. The molecule has 0 aliphatic carbocycles. The highest BCUT2D eigenvalue weighted by molar-refractivity contribution is 5.68. The largest absolute Gasteiger partial charge is 0.444 e. The van der Waals surface area contributed by atoms with Crippen LogP contribution in [0.2, 0.25) is 0 Å². The van der Waals surface area contributed by atoms with Gasteiger partial charge in [-0.05, 0) is 45.6 Å². The van der Waals surface area contributed by atoms with E-state index < -0.39 is 11.7 Å². The quantitative estimate of drug-likeness (QED) is 0.291. The molecule has 8 nitrogen and oxygen atoms in total. The lowest BCUT2D eigenvalue weighted by Gasteiger charge is -2.29. The average molecular weight is 340 g/mol. The fourth-order valence-corrected chi connectivity index (χ4v) is 2.15. The Morgan fingerprint density at radius 1 is 1.46 bits per heavy atom. The molecule has 0 radical (unpaired) electrons. The van der Waals surface area contributed by atoms with Crippen LogP contribution in [-0.2, 0) is 14.2 Å². The third-order valence-corrected chi connectivity index (χ3v) is 3.23. The van der Waals surface area contributed by atoms with Crippen molar-refractivity contribution < 1.29 is 19.0 Å². The predicted octanol–water partition coefficient (Wildman–Crippen LogP) is 3.63. The molecule has 0 aromatic rings. The second kappa shape index (κ2) is 10.2. The van der Waals surface area contributed by atoms with E-state index in [2.05, 4.69) is 16.6 Å². The molecule has 0 spiro atoms. The average Bonchev–Trinajstić information content (AvgIpc) is 2.51. The Morgan fingerprint density at radius 3 is 2.79 bits per heavy atom. The van der Waals surface area contributed by atoms with E-state index in [1.54, 1.807) is 0 Å². The third-order valence-electron chi connectivity index (χ3n) is 3.23. The Labute approximate surface area is 143 Å². The predicted molar refractivity (Wildman–Crippen MR) is 90.5 cm³/mol. The van der Waals surface area contributed by atoms with Gasteiger partial charge >= 0.3 is 6.09 Å². The maximum absolute atomic E-state index is 12.3. The van der Waals surface area contributed by atoms with Gasteiger partial charge in [0, 0.05) is 31.2 Å². The highest BCUT2D eigenvalue weighted by Gasteiger charge is 2.23. The lowest BCUT2D eigenvalue weighted by molar-refractivity contribution is -0.163. The van der Waals surface area contributed by atoms with Crippen LogP contribution >= 0.6 is 0 Å². The van der Waals surface area contributed by atoms with E-state index in [9.17, 15) is 4.79 Å². The Kier molecular flexibility index (Phi) is 8.60. The molecule has 24 heavy (non-hydrogen) atoms. The highest BCUT2D eigenvalue weighted by atomic mass is 16.7. The van der Waals surface area contributed by atoms with Crippen LogP contribution in [0, 0.1) is 0 Å². The number of rotatable bonds is 8. The summed E-state index contributed by atoms with van der Waals surface area (Å²) in [6, 6.07) is 0. The molecule has 8 heteroatoms. The SMILES string of the molecule is C=C(CN=[N+]=[N-])CN(CCOC1CCCCO1)C(=O)OC(C)(C)C. The summed E-state index contributed by atoms with van der Waals surface area (Å²) in [5.41, 5.74) is 8.42. The molecule has 1 aliphatic rings. The monoisotopic (exact) mass is 340 g/mol. The van der Waals surface area contributed by atoms with Gasteiger partial charge in [-0.3, -0.25) is 0 Å². The smallest absolute Gasteiger partial charge is 0.410 e. The molecule has 1 unspecified atom stereocenters. The second-order valence-electron chi connectivity index (χ2n) is 6.71. The maximum Gasteiger partial charge on any atom is 0.410 e. The Hall–Kier alpha value is -1.76. The molecule has 136 valence electrons. The van der Waals surface area contributed by atoms with Gasteiger partial charge in [0.25, 0.3) is 0 Å². The lowest BCUT2D eigenvalue weighted by Crippen LogP contribution is -2.40. The first-order valence-corrected chi connectivity index (χ1v) is 8.20. The first-order valence-electron chi connectivity index (χ1n) is 8.20. The van der Waals surface area contributed by atoms with Crippen LogP contribution in [0.1, 0.15) is 40.0 Å². The van der Waals surface area contributed by atoms with Gasteiger partial charge < -0.3 is 19.1 Å². The number of hydrogen-bond donors (Lipinski definition) is 0. The molecular formula is C16H28N4O4. The summed E-state index contributed by atoms with van der Waals surface area (Å²) < 4.78 is 16.6. The molecule has 1 atom stereocenters. The number of nitrogens with zero attached hydrogens (tertiary/aromatic N) is 4. The van der Waals surface area contributed by atoms with Crippen molar-refractivity contribution in [3.05, 3.63) is 22.6 Å². The van der Waals surface area contributed by atoms with Gasteiger partial charge in [-0.2, -0.15) is 0 Å². The molecule has 0 bridgehead atoms. The Bertz CT molecular complexity index is 463. The molecule has 0 saturated carbocycles. The van der Waals surface area contributed by atoms with Gasteiger partial charge in [-0.25, -0.2) is 4.79 Å². The van der Waals surface area contributed by atoms with Crippen molar-refractivity contribution in [2.24, 2.45) is 5.11 Å². The van der Waals surface area contributed by atoms with Crippen molar-refractivity contribution >= 4 is 6.09 Å². The van der Waals surface area contributed by atoms with Crippen LogP contribution < -0.4 is 0 Å². The van der Waals surface area contributed by atoms with Gasteiger partial charge in [0.2, 0.25) is 0 Å². The lowest BCUT2D eigenvalue weighted by atomic mass is 10.2.